The average Bonchev–Trinajstić information content (AvgIpc) is 3.75. The van der Waals surface area contributed by atoms with Gasteiger partial charge >= 0.3 is 30.1 Å². The fourth-order valence-electron chi connectivity index (χ4n) is 5.72. The second-order valence-electron chi connectivity index (χ2n) is 16.4. The number of methoxy groups -OCH3 is 2. The van der Waals surface area contributed by atoms with Crippen LogP contribution < -0.4 is 16.0 Å². The summed E-state index contributed by atoms with van der Waals surface area (Å²) >= 11 is 0. The smallest absolute Gasteiger partial charge is 0.408 e. The molecule has 0 aromatic carbocycles. The van der Waals surface area contributed by atoms with Crippen LogP contribution in [0.15, 0.2) is 0 Å². The van der Waals surface area contributed by atoms with Gasteiger partial charge in [-0.05, 0) is 97.4 Å². The van der Waals surface area contributed by atoms with Crippen molar-refractivity contribution >= 4 is 36.0 Å². The summed E-state index contributed by atoms with van der Waals surface area (Å²) in [6.45, 7) is 19.3. The Balaban J connectivity index is 0.000000845. The molecule has 15 nitrogen and oxygen atoms in total. The van der Waals surface area contributed by atoms with Crippen LogP contribution in [0.2, 0.25) is 0 Å². The fraction of sp³-hybridized carbons (Fsp3) is 0.842. The lowest BCUT2D eigenvalue weighted by Gasteiger charge is -2.31. The Hall–Kier alpha value is -3.62. The van der Waals surface area contributed by atoms with Crippen LogP contribution in [0.5, 0.6) is 0 Å². The van der Waals surface area contributed by atoms with Crippen molar-refractivity contribution in [2.75, 3.05) is 40.4 Å². The van der Waals surface area contributed by atoms with Crippen LogP contribution in [0, 0.1) is 23.7 Å². The summed E-state index contributed by atoms with van der Waals surface area (Å²) in [5.74, 6) is -1.12. The number of esters is 2. The van der Waals surface area contributed by atoms with E-state index in [2.05, 4.69) is 20.7 Å². The highest BCUT2D eigenvalue weighted by atomic mass is 16.6. The fourth-order valence-corrected chi connectivity index (χ4v) is 5.72. The molecule has 15 heteroatoms. The molecule has 0 saturated heterocycles. The quantitative estimate of drug-likeness (QED) is 0.132. The van der Waals surface area contributed by atoms with Gasteiger partial charge in [0, 0.05) is 6.54 Å². The number of carboxylic acid groups (broad SMARTS) is 1. The Kier molecular flexibility index (Phi) is 23.0. The highest BCUT2D eigenvalue weighted by Gasteiger charge is 2.33. The summed E-state index contributed by atoms with van der Waals surface area (Å²) < 4.78 is 19.5. The van der Waals surface area contributed by atoms with Crippen molar-refractivity contribution in [1.29, 1.82) is 0 Å². The standard InChI is InChI=1S/C19H34N2O5.C10H19NO4.C9H17NO2/c1-13(2)16(20-18(24)26-19(3,4)5)17(23)21(12-15(22)25-6)11-14-9-7-8-10-14;1-6(2)7(8(12)13)11-9(14)15-10(3,4)5;1-12-9(11)7-10-6-8-4-2-3-5-8/h13-14,16H,7-12H2,1-6H3,(H,20,24);6-7H,1-5H3,(H,11,14)(H,12,13);8,10H,2-7H2,1H3/t16-;7-;/m00./s1. The van der Waals surface area contributed by atoms with Crippen LogP contribution in [0.25, 0.3) is 0 Å². The molecule has 0 bridgehead atoms. The maximum absolute atomic E-state index is 13.1. The first-order chi connectivity index (χ1) is 24.5. The van der Waals surface area contributed by atoms with E-state index in [-0.39, 0.29) is 30.3 Å². The Bertz CT molecular complexity index is 1140. The number of amides is 3. The molecule has 2 fully saturated rings. The molecule has 0 heterocycles. The molecule has 0 spiro atoms. The zero-order valence-electron chi connectivity index (χ0n) is 34.4. The number of rotatable bonds is 14. The molecule has 2 aliphatic rings. The Morgan fingerprint density at radius 1 is 0.679 bits per heavy atom. The molecule has 53 heavy (non-hydrogen) atoms. The molecule has 4 N–H and O–H groups in total. The van der Waals surface area contributed by atoms with Crippen LogP contribution in [0.3, 0.4) is 0 Å². The zero-order valence-corrected chi connectivity index (χ0v) is 34.4. The van der Waals surface area contributed by atoms with Gasteiger partial charge in [-0.25, -0.2) is 14.4 Å². The topological polar surface area (TPSA) is 199 Å². The number of aliphatic carboxylic acids is 1. The van der Waals surface area contributed by atoms with Gasteiger partial charge in [0.1, 0.15) is 29.8 Å². The maximum atomic E-state index is 13.1. The van der Waals surface area contributed by atoms with Crippen LogP contribution in [-0.2, 0) is 38.1 Å². The Morgan fingerprint density at radius 3 is 1.47 bits per heavy atom. The zero-order chi connectivity index (χ0) is 40.9. The number of alkyl carbamates (subject to hydrolysis) is 2. The number of ether oxygens (including phenoxy) is 4. The molecule has 2 saturated carbocycles. The molecule has 0 aromatic rings. The molecular formula is C38H70N4O11. The molecular weight excluding hydrogens is 688 g/mol. The lowest BCUT2D eigenvalue weighted by molar-refractivity contribution is -0.148. The van der Waals surface area contributed by atoms with Crippen LogP contribution in [-0.4, -0.2) is 110 Å². The monoisotopic (exact) mass is 759 g/mol. The van der Waals surface area contributed by atoms with Gasteiger partial charge in [0.25, 0.3) is 0 Å². The van der Waals surface area contributed by atoms with Crippen molar-refractivity contribution < 1.29 is 52.8 Å². The summed E-state index contributed by atoms with van der Waals surface area (Å²) in [6, 6.07) is -1.67. The van der Waals surface area contributed by atoms with Crippen LogP contribution in [0.4, 0.5) is 9.59 Å². The van der Waals surface area contributed by atoms with Gasteiger partial charge in [-0.1, -0.05) is 53.4 Å². The van der Waals surface area contributed by atoms with E-state index in [0.717, 1.165) is 38.1 Å². The normalized spacial score (nSPS) is 15.9. The third-order valence-electron chi connectivity index (χ3n) is 8.43. The largest absolute Gasteiger partial charge is 0.480 e. The molecule has 0 aliphatic heterocycles. The molecule has 0 radical (unpaired) electrons. The molecule has 2 aliphatic carbocycles. The SMILES string of the molecule is CC(C)[C@H](NC(=O)OC(C)(C)C)C(=O)O.COC(=O)CN(CC1CCCC1)C(=O)[C@@H](NC(=O)OC(C)(C)C)C(C)C.COC(=O)CNCC1CCCC1. The lowest BCUT2D eigenvalue weighted by Crippen LogP contribution is -2.54. The summed E-state index contributed by atoms with van der Waals surface area (Å²) in [6.07, 6.45) is 8.39. The predicted octanol–water partition coefficient (Wildman–Crippen LogP) is 5.29. The number of nitrogens with zero attached hydrogens (tertiary/aromatic N) is 1. The van der Waals surface area contributed by atoms with Crippen molar-refractivity contribution in [3.63, 3.8) is 0 Å². The highest BCUT2D eigenvalue weighted by molar-refractivity contribution is 5.88. The van der Waals surface area contributed by atoms with Gasteiger partial charge < -0.3 is 44.9 Å². The van der Waals surface area contributed by atoms with Gasteiger partial charge in [0.05, 0.1) is 20.8 Å². The number of nitrogens with one attached hydrogen (secondary N) is 3. The maximum Gasteiger partial charge on any atom is 0.408 e. The third-order valence-corrected chi connectivity index (χ3v) is 8.43. The number of carbonyl (C=O) groups is 6. The number of carboxylic acids is 1. The first-order valence-electron chi connectivity index (χ1n) is 18.8. The van der Waals surface area contributed by atoms with Gasteiger partial charge in [-0.15, -0.1) is 0 Å². The van der Waals surface area contributed by atoms with E-state index >= 15 is 0 Å². The van der Waals surface area contributed by atoms with E-state index in [0.29, 0.717) is 19.0 Å². The van der Waals surface area contributed by atoms with Crippen molar-refractivity contribution in [2.45, 2.75) is 144 Å². The van der Waals surface area contributed by atoms with E-state index in [4.69, 9.17) is 19.3 Å². The van der Waals surface area contributed by atoms with Crippen molar-refractivity contribution in [3.8, 4) is 0 Å². The molecule has 308 valence electrons. The molecule has 3 amide bonds. The van der Waals surface area contributed by atoms with E-state index in [1.807, 2.05) is 13.8 Å². The van der Waals surface area contributed by atoms with Crippen molar-refractivity contribution in [2.24, 2.45) is 23.7 Å². The summed E-state index contributed by atoms with van der Waals surface area (Å²) in [4.78, 5) is 71.2. The first kappa shape index (κ1) is 49.4. The second kappa shape index (κ2) is 24.6. The number of carbonyl (C=O) groups excluding carboxylic acids is 5. The minimum atomic E-state index is -1.06. The first-order valence-corrected chi connectivity index (χ1v) is 18.8. The summed E-state index contributed by atoms with van der Waals surface area (Å²) in [7, 11) is 2.72. The summed E-state index contributed by atoms with van der Waals surface area (Å²) in [5, 5.41) is 16.9. The van der Waals surface area contributed by atoms with E-state index in [1.165, 1.54) is 44.8 Å². The molecule has 2 rings (SSSR count). The molecule has 2 atom stereocenters. The Labute approximate surface area is 317 Å². The molecule has 0 aromatic heterocycles. The highest BCUT2D eigenvalue weighted by Crippen LogP contribution is 2.26. The number of hydrogen-bond donors (Lipinski definition) is 4. The van der Waals surface area contributed by atoms with Gasteiger partial charge in [-0.3, -0.25) is 14.4 Å². The predicted molar refractivity (Wildman–Crippen MR) is 201 cm³/mol. The second-order valence-corrected chi connectivity index (χ2v) is 16.4. The average molecular weight is 759 g/mol. The lowest BCUT2D eigenvalue weighted by atomic mass is 10.0. The minimum absolute atomic E-state index is 0.106. The summed E-state index contributed by atoms with van der Waals surface area (Å²) in [5.41, 5.74) is -1.27. The molecule has 0 unspecified atom stereocenters. The van der Waals surface area contributed by atoms with Gasteiger partial charge in [0.2, 0.25) is 5.91 Å². The van der Waals surface area contributed by atoms with Crippen molar-refractivity contribution in [3.05, 3.63) is 0 Å². The van der Waals surface area contributed by atoms with Gasteiger partial charge in [-0.2, -0.15) is 0 Å². The van der Waals surface area contributed by atoms with E-state index in [9.17, 15) is 28.8 Å². The van der Waals surface area contributed by atoms with Crippen LogP contribution in [0.1, 0.15) is 121 Å². The van der Waals surface area contributed by atoms with Crippen molar-refractivity contribution in [1.82, 2.24) is 20.9 Å². The number of hydrogen-bond acceptors (Lipinski definition) is 11. The third kappa shape index (κ3) is 23.6. The van der Waals surface area contributed by atoms with Gasteiger partial charge in [0.15, 0.2) is 0 Å². The van der Waals surface area contributed by atoms with E-state index in [1.54, 1.807) is 55.4 Å². The van der Waals surface area contributed by atoms with E-state index < -0.39 is 47.4 Å². The van der Waals surface area contributed by atoms with Crippen LogP contribution >= 0.6 is 0 Å². The Morgan fingerprint density at radius 2 is 1.09 bits per heavy atom. The minimum Gasteiger partial charge on any atom is -0.480 e.